The normalized spacial score (nSPS) is 10.3. The molecule has 0 saturated heterocycles. The van der Waals surface area contributed by atoms with E-state index in [1.165, 1.54) is 17.8 Å². The summed E-state index contributed by atoms with van der Waals surface area (Å²) in [4.78, 5) is 15.0. The molecule has 0 aliphatic carbocycles. The quantitative estimate of drug-likeness (QED) is 0.499. The molecule has 0 atom stereocenters. The van der Waals surface area contributed by atoms with E-state index in [1.54, 1.807) is 12.3 Å². The standard InChI is InChI=1S/C14H13NO3S/c16-14(17)12-7-4-8-15-13(12)19-10-18-9-11-5-2-1-3-6-11/h1-8H,9-10H2,(H,16,17). The van der Waals surface area contributed by atoms with Crippen LogP contribution in [0.3, 0.4) is 0 Å². The number of pyridine rings is 1. The van der Waals surface area contributed by atoms with Gasteiger partial charge in [-0.1, -0.05) is 42.1 Å². The predicted molar refractivity (Wildman–Crippen MR) is 73.2 cm³/mol. The van der Waals surface area contributed by atoms with Crippen LogP contribution in [0.4, 0.5) is 0 Å². The number of ether oxygens (including phenoxy) is 1. The summed E-state index contributed by atoms with van der Waals surface area (Å²) in [5.74, 6) is -0.606. The highest BCUT2D eigenvalue weighted by molar-refractivity contribution is 7.99. The van der Waals surface area contributed by atoms with Gasteiger partial charge in [-0.25, -0.2) is 9.78 Å². The van der Waals surface area contributed by atoms with Gasteiger partial charge in [-0.05, 0) is 17.7 Å². The SMILES string of the molecule is O=C(O)c1cccnc1SCOCc1ccccc1. The van der Waals surface area contributed by atoms with E-state index in [0.29, 0.717) is 17.6 Å². The minimum absolute atomic E-state index is 0.204. The Labute approximate surface area is 115 Å². The third kappa shape index (κ3) is 4.08. The summed E-state index contributed by atoms with van der Waals surface area (Å²) >= 11 is 1.28. The molecule has 1 N–H and O–H groups in total. The van der Waals surface area contributed by atoms with E-state index < -0.39 is 5.97 Å². The van der Waals surface area contributed by atoms with Crippen molar-refractivity contribution < 1.29 is 14.6 Å². The number of nitrogens with zero attached hydrogens (tertiary/aromatic N) is 1. The highest BCUT2D eigenvalue weighted by atomic mass is 32.2. The molecule has 0 fully saturated rings. The van der Waals surface area contributed by atoms with E-state index >= 15 is 0 Å². The van der Waals surface area contributed by atoms with Gasteiger partial charge in [0.05, 0.1) is 18.1 Å². The van der Waals surface area contributed by atoms with Crippen molar-refractivity contribution in [1.29, 1.82) is 0 Å². The number of aromatic nitrogens is 1. The van der Waals surface area contributed by atoms with E-state index in [1.807, 2.05) is 30.3 Å². The molecule has 1 aromatic carbocycles. The molecule has 0 saturated carbocycles. The molecule has 1 heterocycles. The Morgan fingerprint density at radius 3 is 2.74 bits per heavy atom. The lowest BCUT2D eigenvalue weighted by Gasteiger charge is -2.05. The fourth-order valence-electron chi connectivity index (χ4n) is 1.50. The molecule has 0 aliphatic rings. The van der Waals surface area contributed by atoms with E-state index in [0.717, 1.165) is 5.56 Å². The topological polar surface area (TPSA) is 59.4 Å². The van der Waals surface area contributed by atoms with Gasteiger partial charge >= 0.3 is 5.97 Å². The zero-order valence-corrected chi connectivity index (χ0v) is 11.0. The zero-order valence-electron chi connectivity index (χ0n) is 10.2. The van der Waals surface area contributed by atoms with E-state index in [4.69, 9.17) is 9.84 Å². The van der Waals surface area contributed by atoms with Gasteiger partial charge in [0, 0.05) is 6.20 Å². The second-order valence-electron chi connectivity index (χ2n) is 3.76. The molecule has 0 amide bonds. The van der Waals surface area contributed by atoms with Crippen LogP contribution < -0.4 is 0 Å². The van der Waals surface area contributed by atoms with Crippen molar-refractivity contribution >= 4 is 17.7 Å². The van der Waals surface area contributed by atoms with Gasteiger partial charge in [0.15, 0.2) is 0 Å². The van der Waals surface area contributed by atoms with Gasteiger partial charge in [0.2, 0.25) is 0 Å². The first-order chi connectivity index (χ1) is 9.27. The second-order valence-corrected chi connectivity index (χ2v) is 4.67. The molecule has 0 radical (unpaired) electrons. The Morgan fingerprint density at radius 1 is 1.21 bits per heavy atom. The highest BCUT2D eigenvalue weighted by Gasteiger charge is 2.10. The maximum absolute atomic E-state index is 11.0. The average molecular weight is 275 g/mol. The Kier molecular flexibility index (Phi) is 4.94. The summed E-state index contributed by atoms with van der Waals surface area (Å²) < 4.78 is 5.49. The lowest BCUT2D eigenvalue weighted by Crippen LogP contribution is -2.01. The first-order valence-corrected chi connectivity index (χ1v) is 6.68. The van der Waals surface area contributed by atoms with Crippen molar-refractivity contribution in [1.82, 2.24) is 4.98 Å². The van der Waals surface area contributed by atoms with Crippen molar-refractivity contribution in [2.45, 2.75) is 11.6 Å². The number of aromatic carboxylic acids is 1. The summed E-state index contributed by atoms with van der Waals surface area (Å²) in [7, 11) is 0. The number of rotatable bonds is 6. The summed E-state index contributed by atoms with van der Waals surface area (Å²) in [6.45, 7) is 0.503. The minimum Gasteiger partial charge on any atom is -0.478 e. The maximum atomic E-state index is 11.0. The van der Waals surface area contributed by atoms with Crippen LogP contribution in [-0.2, 0) is 11.3 Å². The molecule has 2 aromatic rings. The first-order valence-electron chi connectivity index (χ1n) is 5.70. The fraction of sp³-hybridized carbons (Fsp3) is 0.143. The lowest BCUT2D eigenvalue weighted by molar-refractivity contribution is 0.0692. The van der Waals surface area contributed by atoms with E-state index in [9.17, 15) is 4.79 Å². The Morgan fingerprint density at radius 2 is 2.00 bits per heavy atom. The van der Waals surface area contributed by atoms with Crippen LogP contribution in [0.2, 0.25) is 0 Å². The lowest BCUT2D eigenvalue weighted by atomic mass is 10.2. The smallest absolute Gasteiger partial charge is 0.338 e. The van der Waals surface area contributed by atoms with Crippen LogP contribution in [0.25, 0.3) is 0 Å². The summed E-state index contributed by atoms with van der Waals surface area (Å²) in [6, 6.07) is 13.0. The van der Waals surface area contributed by atoms with Crippen LogP contribution in [0.15, 0.2) is 53.7 Å². The number of thioether (sulfide) groups is 1. The third-order valence-corrected chi connectivity index (χ3v) is 3.28. The largest absolute Gasteiger partial charge is 0.478 e. The van der Waals surface area contributed by atoms with Crippen molar-refractivity contribution in [3.63, 3.8) is 0 Å². The molecule has 5 heteroatoms. The molecular formula is C14H13NO3S. The summed E-state index contributed by atoms with van der Waals surface area (Å²) in [5.41, 5.74) is 1.29. The molecule has 0 unspecified atom stereocenters. The molecule has 2 rings (SSSR count). The Balaban J connectivity index is 1.85. The molecule has 4 nitrogen and oxygen atoms in total. The summed E-state index contributed by atoms with van der Waals surface area (Å²) in [6.07, 6.45) is 1.58. The molecule has 0 aliphatic heterocycles. The van der Waals surface area contributed by atoms with Crippen molar-refractivity contribution in [3.8, 4) is 0 Å². The molecule has 19 heavy (non-hydrogen) atoms. The van der Waals surface area contributed by atoms with Gasteiger partial charge < -0.3 is 9.84 Å². The van der Waals surface area contributed by atoms with Crippen LogP contribution >= 0.6 is 11.8 Å². The van der Waals surface area contributed by atoms with Crippen LogP contribution in [0, 0.1) is 0 Å². The number of hydrogen-bond donors (Lipinski definition) is 1. The van der Waals surface area contributed by atoms with Crippen LogP contribution in [-0.4, -0.2) is 22.0 Å². The number of carboxylic acids is 1. The minimum atomic E-state index is -0.973. The van der Waals surface area contributed by atoms with E-state index in [2.05, 4.69) is 4.98 Å². The van der Waals surface area contributed by atoms with Gasteiger partial charge in [-0.15, -0.1) is 0 Å². The predicted octanol–water partition coefficient (Wildman–Crippen LogP) is 3.05. The maximum Gasteiger partial charge on any atom is 0.338 e. The molecule has 98 valence electrons. The van der Waals surface area contributed by atoms with Crippen LogP contribution in [0.1, 0.15) is 15.9 Å². The highest BCUT2D eigenvalue weighted by Crippen LogP contribution is 2.20. The van der Waals surface area contributed by atoms with Crippen molar-refractivity contribution in [3.05, 3.63) is 59.8 Å². The number of hydrogen-bond acceptors (Lipinski definition) is 4. The fourth-order valence-corrected chi connectivity index (χ4v) is 2.22. The molecule has 0 spiro atoms. The zero-order chi connectivity index (χ0) is 13.5. The number of carboxylic acid groups (broad SMARTS) is 1. The monoisotopic (exact) mass is 275 g/mol. The van der Waals surface area contributed by atoms with Gasteiger partial charge in [0.25, 0.3) is 0 Å². The van der Waals surface area contributed by atoms with Crippen molar-refractivity contribution in [2.75, 3.05) is 5.94 Å². The molecule has 0 bridgehead atoms. The van der Waals surface area contributed by atoms with Gasteiger partial charge in [0.1, 0.15) is 5.03 Å². The van der Waals surface area contributed by atoms with Gasteiger partial charge in [-0.3, -0.25) is 0 Å². The first kappa shape index (κ1) is 13.6. The number of carbonyl (C=O) groups is 1. The average Bonchev–Trinajstić information content (AvgIpc) is 2.45. The van der Waals surface area contributed by atoms with E-state index in [-0.39, 0.29) is 5.56 Å². The van der Waals surface area contributed by atoms with Gasteiger partial charge in [-0.2, -0.15) is 0 Å². The molecule has 1 aromatic heterocycles. The Hall–Kier alpha value is -1.85. The summed E-state index contributed by atoms with van der Waals surface area (Å²) in [5, 5.41) is 9.48. The molecular weight excluding hydrogens is 262 g/mol. The second kappa shape index (κ2) is 6.92. The third-order valence-electron chi connectivity index (χ3n) is 2.39. The van der Waals surface area contributed by atoms with Crippen molar-refractivity contribution in [2.24, 2.45) is 0 Å². The van der Waals surface area contributed by atoms with Crippen LogP contribution in [0.5, 0.6) is 0 Å². The number of benzene rings is 1. The Bertz CT molecular complexity index is 545.